The van der Waals surface area contributed by atoms with Crippen LogP contribution in [0.4, 0.5) is 14.7 Å². The molecule has 0 radical (unpaired) electrons. The van der Waals surface area contributed by atoms with Crippen molar-refractivity contribution in [3.63, 3.8) is 0 Å². The first-order valence-electron chi connectivity index (χ1n) is 9.94. The molecule has 2 aromatic carbocycles. The molecule has 3 atom stereocenters. The molecule has 1 aliphatic rings. The van der Waals surface area contributed by atoms with E-state index in [1.54, 1.807) is 4.68 Å². The number of benzene rings is 2. The maximum atomic E-state index is 14.7. The summed E-state index contributed by atoms with van der Waals surface area (Å²) in [6.07, 6.45) is -0.0820. The first kappa shape index (κ1) is 20.4. The van der Waals surface area contributed by atoms with Crippen LogP contribution in [-0.4, -0.2) is 56.9 Å². The molecule has 3 aromatic rings. The lowest BCUT2D eigenvalue weighted by Crippen LogP contribution is -2.48. The summed E-state index contributed by atoms with van der Waals surface area (Å²) in [5, 5.41) is 15.0. The third kappa shape index (κ3) is 4.31. The summed E-state index contributed by atoms with van der Waals surface area (Å²) < 4.78 is 36.7. The molecule has 1 saturated heterocycles. The van der Waals surface area contributed by atoms with E-state index >= 15 is 0 Å². The van der Waals surface area contributed by atoms with E-state index < -0.39 is 17.7 Å². The number of hydrogen-bond acceptors (Lipinski definition) is 6. The molecule has 0 bridgehead atoms. The Labute approximate surface area is 173 Å². The van der Waals surface area contributed by atoms with Gasteiger partial charge in [-0.15, -0.1) is 0 Å². The minimum atomic E-state index is -0.573. The van der Waals surface area contributed by atoms with E-state index in [0.29, 0.717) is 19.0 Å². The van der Waals surface area contributed by atoms with Gasteiger partial charge in [0.25, 0.3) is 0 Å². The summed E-state index contributed by atoms with van der Waals surface area (Å²) in [6.45, 7) is 5.27. The average molecular weight is 414 g/mol. The highest BCUT2D eigenvalue weighted by Crippen LogP contribution is 2.29. The van der Waals surface area contributed by atoms with Crippen LogP contribution in [0.2, 0.25) is 0 Å². The number of nitrogens with one attached hydrogen (secondary N) is 1. The zero-order chi connectivity index (χ0) is 21.1. The second kappa shape index (κ2) is 8.85. The van der Waals surface area contributed by atoms with Crippen LogP contribution in [0.3, 0.4) is 0 Å². The van der Waals surface area contributed by atoms with E-state index in [9.17, 15) is 8.78 Å². The maximum absolute atomic E-state index is 14.7. The highest BCUT2D eigenvalue weighted by molar-refractivity contribution is 5.39. The van der Waals surface area contributed by atoms with Crippen molar-refractivity contribution in [1.29, 1.82) is 0 Å². The molecular formula is C21H24F2N6O. The Morgan fingerprint density at radius 2 is 1.70 bits per heavy atom. The molecule has 0 saturated carbocycles. The van der Waals surface area contributed by atoms with Gasteiger partial charge in [0.1, 0.15) is 11.6 Å². The molecule has 1 fully saturated rings. The van der Waals surface area contributed by atoms with Gasteiger partial charge in [-0.3, -0.25) is 4.90 Å². The van der Waals surface area contributed by atoms with Gasteiger partial charge in [-0.1, -0.05) is 29.4 Å². The molecule has 1 aromatic heterocycles. The van der Waals surface area contributed by atoms with Gasteiger partial charge in [0, 0.05) is 25.2 Å². The molecule has 7 nitrogen and oxygen atoms in total. The zero-order valence-corrected chi connectivity index (χ0v) is 16.9. The van der Waals surface area contributed by atoms with Crippen LogP contribution in [0.1, 0.15) is 25.5 Å². The molecular weight excluding hydrogens is 390 g/mol. The van der Waals surface area contributed by atoms with Gasteiger partial charge in [0.15, 0.2) is 0 Å². The summed E-state index contributed by atoms with van der Waals surface area (Å²) in [5.74, 6) is -0.746. The lowest BCUT2D eigenvalue weighted by Gasteiger charge is -2.40. The van der Waals surface area contributed by atoms with Crippen LogP contribution in [-0.2, 0) is 4.74 Å². The highest BCUT2D eigenvalue weighted by Gasteiger charge is 2.32. The molecule has 1 N–H and O–H groups in total. The van der Waals surface area contributed by atoms with Gasteiger partial charge in [-0.05, 0) is 48.5 Å². The van der Waals surface area contributed by atoms with Crippen molar-refractivity contribution >= 4 is 5.95 Å². The molecule has 158 valence electrons. The topological polar surface area (TPSA) is 68.1 Å². The Bertz CT molecular complexity index is 952. The fraction of sp³-hybridized carbons (Fsp3) is 0.381. The SMILES string of the molecule is CC1CN(C(CNc2nnnn2-c2ccccc2)c2c(F)cccc2F)CC(C)O1. The summed E-state index contributed by atoms with van der Waals surface area (Å²) in [7, 11) is 0. The van der Waals surface area contributed by atoms with Crippen LogP contribution in [0.25, 0.3) is 5.69 Å². The quantitative estimate of drug-likeness (QED) is 0.668. The fourth-order valence-corrected chi connectivity index (χ4v) is 3.94. The van der Waals surface area contributed by atoms with Crippen LogP contribution in [0.5, 0.6) is 0 Å². The predicted octanol–water partition coefficient (Wildman–Crippen LogP) is 3.20. The molecule has 3 unspecified atom stereocenters. The Morgan fingerprint density at radius 1 is 1.03 bits per heavy atom. The minimum absolute atomic E-state index is 0.0324. The molecule has 0 aliphatic carbocycles. The average Bonchev–Trinajstić information content (AvgIpc) is 3.18. The van der Waals surface area contributed by atoms with E-state index in [4.69, 9.17) is 4.74 Å². The van der Waals surface area contributed by atoms with Crippen LogP contribution >= 0.6 is 0 Å². The monoisotopic (exact) mass is 414 g/mol. The van der Waals surface area contributed by atoms with E-state index in [2.05, 4.69) is 20.8 Å². The number of ether oxygens (including phenoxy) is 1. The summed E-state index contributed by atoms with van der Waals surface area (Å²) in [4.78, 5) is 2.05. The van der Waals surface area contributed by atoms with E-state index in [0.717, 1.165) is 5.69 Å². The van der Waals surface area contributed by atoms with Gasteiger partial charge < -0.3 is 10.1 Å². The standard InChI is InChI=1S/C21H24F2N6O/c1-14-12-28(13-15(2)30-14)19(20-17(22)9-6-10-18(20)23)11-24-21-25-26-27-29(21)16-7-4-3-5-8-16/h3-10,14-15,19H,11-13H2,1-2H3,(H,24,25,27). The lowest BCUT2D eigenvalue weighted by molar-refractivity contribution is -0.0801. The molecule has 0 amide bonds. The zero-order valence-electron chi connectivity index (χ0n) is 16.9. The van der Waals surface area contributed by atoms with Crippen molar-refractivity contribution in [3.8, 4) is 5.69 Å². The minimum Gasteiger partial charge on any atom is -0.373 e. The van der Waals surface area contributed by atoms with Crippen molar-refractivity contribution in [2.75, 3.05) is 25.0 Å². The van der Waals surface area contributed by atoms with E-state index in [-0.39, 0.29) is 24.3 Å². The van der Waals surface area contributed by atoms with Gasteiger partial charge in [0.2, 0.25) is 5.95 Å². The molecule has 0 spiro atoms. The van der Waals surface area contributed by atoms with Crippen LogP contribution < -0.4 is 5.32 Å². The number of morpholine rings is 1. The van der Waals surface area contributed by atoms with Crippen LogP contribution in [0, 0.1) is 11.6 Å². The highest BCUT2D eigenvalue weighted by atomic mass is 19.1. The summed E-state index contributed by atoms with van der Waals surface area (Å²) in [6, 6.07) is 12.8. The Kier molecular flexibility index (Phi) is 6.01. The largest absolute Gasteiger partial charge is 0.373 e. The number of rotatable bonds is 6. The van der Waals surface area contributed by atoms with Gasteiger partial charge in [0.05, 0.1) is 23.9 Å². The van der Waals surface area contributed by atoms with Crippen molar-refractivity contribution in [2.24, 2.45) is 0 Å². The first-order valence-corrected chi connectivity index (χ1v) is 9.94. The van der Waals surface area contributed by atoms with Crippen molar-refractivity contribution in [1.82, 2.24) is 25.1 Å². The number of hydrogen-bond donors (Lipinski definition) is 1. The fourth-order valence-electron chi connectivity index (χ4n) is 3.94. The molecule has 4 rings (SSSR count). The first-order chi connectivity index (χ1) is 14.5. The van der Waals surface area contributed by atoms with E-state index in [1.165, 1.54) is 18.2 Å². The van der Waals surface area contributed by atoms with Gasteiger partial charge in [-0.25, -0.2) is 8.78 Å². The third-order valence-corrected chi connectivity index (χ3v) is 5.15. The Hall–Kier alpha value is -2.91. The van der Waals surface area contributed by atoms with Gasteiger partial charge in [-0.2, -0.15) is 4.68 Å². The van der Waals surface area contributed by atoms with Crippen LogP contribution in [0.15, 0.2) is 48.5 Å². The summed E-state index contributed by atoms with van der Waals surface area (Å²) >= 11 is 0. The number of aromatic nitrogens is 4. The second-order valence-electron chi connectivity index (χ2n) is 7.49. The van der Waals surface area contributed by atoms with E-state index in [1.807, 2.05) is 49.1 Å². The number of nitrogens with zero attached hydrogens (tertiary/aromatic N) is 5. The Balaban J connectivity index is 1.62. The van der Waals surface area contributed by atoms with Crippen molar-refractivity contribution in [3.05, 3.63) is 65.7 Å². The maximum Gasteiger partial charge on any atom is 0.247 e. The third-order valence-electron chi connectivity index (χ3n) is 5.15. The number of halogens is 2. The van der Waals surface area contributed by atoms with Crippen molar-refractivity contribution in [2.45, 2.75) is 32.1 Å². The molecule has 2 heterocycles. The molecule has 1 aliphatic heterocycles. The predicted molar refractivity (Wildman–Crippen MR) is 108 cm³/mol. The second-order valence-corrected chi connectivity index (χ2v) is 7.49. The number of para-hydroxylation sites is 1. The lowest BCUT2D eigenvalue weighted by atomic mass is 10.0. The number of tetrazole rings is 1. The smallest absolute Gasteiger partial charge is 0.247 e. The van der Waals surface area contributed by atoms with Crippen molar-refractivity contribution < 1.29 is 13.5 Å². The number of anilines is 1. The normalized spacial score (nSPS) is 20.8. The van der Waals surface area contributed by atoms with Gasteiger partial charge >= 0.3 is 0 Å². The molecule has 9 heteroatoms. The summed E-state index contributed by atoms with van der Waals surface area (Å²) in [5.41, 5.74) is 0.817. The Morgan fingerprint density at radius 3 is 2.37 bits per heavy atom. The molecule has 30 heavy (non-hydrogen) atoms.